The molecule has 27 heavy (non-hydrogen) atoms. The zero-order valence-corrected chi connectivity index (χ0v) is 17.7. The van der Waals surface area contributed by atoms with Crippen molar-refractivity contribution in [2.75, 3.05) is 19.8 Å². The number of rotatable bonds is 20. The minimum absolute atomic E-state index is 0.287. The molecule has 0 bridgehead atoms. The molecule has 0 aliphatic carbocycles. The molecule has 0 unspecified atom stereocenters. The quantitative estimate of drug-likeness (QED) is 0.213. The average molecular weight is 387 g/mol. The highest BCUT2D eigenvalue weighted by atomic mass is 16.6. The third-order valence-electron chi connectivity index (χ3n) is 4.63. The molecule has 0 aromatic heterocycles. The Morgan fingerprint density at radius 1 is 0.704 bits per heavy atom. The van der Waals surface area contributed by atoms with Crippen LogP contribution in [0.25, 0.3) is 0 Å². The van der Waals surface area contributed by atoms with E-state index in [1.54, 1.807) is 0 Å². The summed E-state index contributed by atoms with van der Waals surface area (Å²) in [5.41, 5.74) is 0. The van der Waals surface area contributed by atoms with Crippen LogP contribution in [-0.2, 0) is 19.1 Å². The maximum Gasteiger partial charge on any atom is 0.332 e. The summed E-state index contributed by atoms with van der Waals surface area (Å²) >= 11 is 0. The Hall–Kier alpha value is -1.10. The van der Waals surface area contributed by atoms with Gasteiger partial charge in [-0.2, -0.15) is 0 Å². The largest absolute Gasteiger partial charge is 0.480 e. The van der Waals surface area contributed by atoms with E-state index in [9.17, 15) is 9.59 Å². The van der Waals surface area contributed by atoms with Crippen LogP contribution in [0.3, 0.4) is 0 Å². The molecule has 5 nitrogen and oxygen atoms in total. The predicted octanol–water partition coefficient (Wildman–Crippen LogP) is 5.75. The number of esters is 1. The van der Waals surface area contributed by atoms with Gasteiger partial charge in [0.25, 0.3) is 0 Å². The van der Waals surface area contributed by atoms with E-state index in [-0.39, 0.29) is 6.61 Å². The molecule has 0 spiro atoms. The van der Waals surface area contributed by atoms with Gasteiger partial charge in [-0.25, -0.2) is 9.59 Å². The average Bonchev–Trinajstić information content (AvgIpc) is 2.60. The molecule has 0 aliphatic rings. The minimum atomic E-state index is -1.08. The minimum Gasteiger partial charge on any atom is -0.480 e. The number of aliphatic carboxylic acids is 1. The van der Waals surface area contributed by atoms with Crippen LogP contribution < -0.4 is 0 Å². The third-order valence-corrected chi connectivity index (χ3v) is 4.63. The molecule has 0 aromatic carbocycles. The van der Waals surface area contributed by atoms with Crippen molar-refractivity contribution in [3.63, 3.8) is 0 Å². The Morgan fingerprint density at radius 3 is 1.59 bits per heavy atom. The van der Waals surface area contributed by atoms with E-state index in [4.69, 9.17) is 9.84 Å². The van der Waals surface area contributed by atoms with Crippen molar-refractivity contribution in [3.05, 3.63) is 0 Å². The molecule has 0 atom stereocenters. The van der Waals surface area contributed by atoms with Crippen molar-refractivity contribution in [1.82, 2.24) is 0 Å². The number of carboxylic acids is 1. The first-order valence-electron chi connectivity index (χ1n) is 11.0. The maximum absolute atomic E-state index is 11.2. The predicted molar refractivity (Wildman–Crippen MR) is 109 cm³/mol. The molecule has 0 rings (SSSR count). The zero-order chi connectivity index (χ0) is 20.2. The highest BCUT2D eigenvalue weighted by Gasteiger charge is 2.04. The number of hydrogen-bond acceptors (Lipinski definition) is 4. The van der Waals surface area contributed by atoms with Crippen molar-refractivity contribution in [3.8, 4) is 0 Å². The Labute approximate surface area is 166 Å². The first kappa shape index (κ1) is 25.9. The first-order chi connectivity index (χ1) is 13.0. The highest BCUT2D eigenvalue weighted by Crippen LogP contribution is 2.14. The zero-order valence-electron chi connectivity index (χ0n) is 17.7. The highest BCUT2D eigenvalue weighted by molar-refractivity contribution is 5.72. The summed E-state index contributed by atoms with van der Waals surface area (Å²) in [7, 11) is 0. The van der Waals surface area contributed by atoms with Crippen molar-refractivity contribution < 1.29 is 24.2 Å². The van der Waals surface area contributed by atoms with Crippen molar-refractivity contribution >= 4 is 11.9 Å². The van der Waals surface area contributed by atoms with Gasteiger partial charge in [0, 0.05) is 0 Å². The summed E-state index contributed by atoms with van der Waals surface area (Å²) in [6.45, 7) is 4.25. The smallest absolute Gasteiger partial charge is 0.332 e. The standard InChI is InChI=1S/C22H42O5/c1-20(2)16-14-12-10-8-6-4-3-5-7-9-11-13-15-17-27-22(25)19-26-18-21(23)24/h20H,3-19H2,1-2H3,(H,23,24). The van der Waals surface area contributed by atoms with Crippen LogP contribution >= 0.6 is 0 Å². The molecule has 0 aromatic rings. The van der Waals surface area contributed by atoms with E-state index in [1.807, 2.05) is 0 Å². The molecule has 0 aliphatic heterocycles. The van der Waals surface area contributed by atoms with Gasteiger partial charge in [-0.05, 0) is 12.3 Å². The summed E-state index contributed by atoms with van der Waals surface area (Å²) in [5.74, 6) is -0.721. The summed E-state index contributed by atoms with van der Waals surface area (Å²) in [6, 6.07) is 0. The molecule has 0 fully saturated rings. The van der Waals surface area contributed by atoms with Gasteiger partial charge in [0.05, 0.1) is 6.61 Å². The van der Waals surface area contributed by atoms with Crippen molar-refractivity contribution in [2.24, 2.45) is 5.92 Å². The van der Waals surface area contributed by atoms with Crippen molar-refractivity contribution in [2.45, 2.75) is 104 Å². The summed E-state index contributed by atoms with van der Waals surface area (Å²) in [6.07, 6.45) is 18.1. The van der Waals surface area contributed by atoms with E-state index in [0.717, 1.165) is 18.8 Å². The Bertz CT molecular complexity index is 355. The lowest BCUT2D eigenvalue weighted by Gasteiger charge is -2.05. The van der Waals surface area contributed by atoms with Crippen LogP contribution in [0.4, 0.5) is 0 Å². The number of hydrogen-bond donors (Lipinski definition) is 1. The number of carbonyl (C=O) groups is 2. The maximum atomic E-state index is 11.2. The molecule has 160 valence electrons. The van der Waals surface area contributed by atoms with Gasteiger partial charge in [0.15, 0.2) is 0 Å². The Balaban J connectivity index is 3.12. The fraction of sp³-hybridized carbons (Fsp3) is 0.909. The second-order valence-corrected chi connectivity index (χ2v) is 7.89. The molecule has 0 amide bonds. The SMILES string of the molecule is CC(C)CCCCCCCCCCCCCCCOC(=O)COCC(=O)O. The van der Waals surface area contributed by atoms with Crippen molar-refractivity contribution in [1.29, 1.82) is 0 Å². The van der Waals surface area contributed by atoms with Gasteiger partial charge < -0.3 is 14.6 Å². The van der Waals surface area contributed by atoms with E-state index < -0.39 is 18.5 Å². The van der Waals surface area contributed by atoms with Crippen LogP contribution in [0.15, 0.2) is 0 Å². The summed E-state index contributed by atoms with van der Waals surface area (Å²) in [4.78, 5) is 21.5. The number of unbranched alkanes of at least 4 members (excludes halogenated alkanes) is 12. The Morgan fingerprint density at radius 2 is 1.15 bits per heavy atom. The molecule has 0 heterocycles. The first-order valence-corrected chi connectivity index (χ1v) is 11.0. The van der Waals surface area contributed by atoms with Crippen LogP contribution in [0.2, 0.25) is 0 Å². The number of ether oxygens (including phenoxy) is 2. The van der Waals surface area contributed by atoms with Gasteiger partial charge in [-0.15, -0.1) is 0 Å². The van der Waals surface area contributed by atoms with Gasteiger partial charge in [0.1, 0.15) is 13.2 Å². The molecular weight excluding hydrogens is 344 g/mol. The van der Waals surface area contributed by atoms with E-state index in [0.29, 0.717) is 6.61 Å². The topological polar surface area (TPSA) is 72.8 Å². The van der Waals surface area contributed by atoms with Crippen LogP contribution in [0.5, 0.6) is 0 Å². The lowest BCUT2D eigenvalue weighted by Crippen LogP contribution is -2.16. The van der Waals surface area contributed by atoms with E-state index in [1.165, 1.54) is 77.0 Å². The van der Waals surface area contributed by atoms with Gasteiger partial charge in [0.2, 0.25) is 0 Å². The molecular formula is C22H42O5. The second-order valence-electron chi connectivity index (χ2n) is 7.89. The van der Waals surface area contributed by atoms with Gasteiger partial charge in [-0.3, -0.25) is 0 Å². The summed E-state index contributed by atoms with van der Waals surface area (Å²) < 4.78 is 9.65. The molecule has 0 radical (unpaired) electrons. The normalized spacial score (nSPS) is 11.1. The third kappa shape index (κ3) is 22.9. The fourth-order valence-corrected chi connectivity index (χ4v) is 3.05. The van der Waals surface area contributed by atoms with Crippen LogP contribution in [0, 0.1) is 5.92 Å². The summed E-state index contributed by atoms with van der Waals surface area (Å²) in [5, 5.41) is 8.38. The lowest BCUT2D eigenvalue weighted by atomic mass is 10.0. The molecule has 0 saturated heterocycles. The van der Waals surface area contributed by atoms with Gasteiger partial charge >= 0.3 is 11.9 Å². The molecule has 1 N–H and O–H groups in total. The molecule has 0 saturated carbocycles. The van der Waals surface area contributed by atoms with Crippen LogP contribution in [0.1, 0.15) is 104 Å². The van der Waals surface area contributed by atoms with Crippen LogP contribution in [-0.4, -0.2) is 36.9 Å². The van der Waals surface area contributed by atoms with Gasteiger partial charge in [-0.1, -0.05) is 97.3 Å². The second kappa shape index (κ2) is 19.7. The number of carboxylic acid groups (broad SMARTS) is 1. The van der Waals surface area contributed by atoms with E-state index >= 15 is 0 Å². The van der Waals surface area contributed by atoms with E-state index in [2.05, 4.69) is 18.6 Å². The number of carbonyl (C=O) groups excluding carboxylic acids is 1. The molecule has 5 heteroatoms. The Kier molecular flexibility index (Phi) is 18.9. The fourth-order valence-electron chi connectivity index (χ4n) is 3.05. The lowest BCUT2D eigenvalue weighted by molar-refractivity contribution is -0.152. The monoisotopic (exact) mass is 386 g/mol.